The number of Topliss-reactive ketones (excluding diaryl/α,β-unsaturated/α-hetero) is 1. The van der Waals surface area contributed by atoms with E-state index < -0.39 is 28.2 Å². The molecule has 1 aromatic heterocycles. The molecule has 9 heteroatoms. The van der Waals surface area contributed by atoms with E-state index >= 15 is 0 Å². The Morgan fingerprint density at radius 3 is 2.48 bits per heavy atom. The molecule has 2 aromatic rings. The summed E-state index contributed by atoms with van der Waals surface area (Å²) in [5, 5.41) is 15.0. The van der Waals surface area contributed by atoms with E-state index in [2.05, 4.69) is 5.10 Å². The number of nitrogens with zero attached hydrogens (tertiary/aromatic N) is 4. The predicted octanol–water partition coefficient (Wildman–Crippen LogP) is 1.04. The summed E-state index contributed by atoms with van der Waals surface area (Å²) in [6.07, 6.45) is 0. The molecule has 9 nitrogen and oxygen atoms in total. The van der Waals surface area contributed by atoms with Crippen LogP contribution in [0.3, 0.4) is 0 Å². The van der Waals surface area contributed by atoms with Crippen LogP contribution in [0.15, 0.2) is 41.2 Å². The Bertz CT molecular complexity index is 903. The van der Waals surface area contributed by atoms with Gasteiger partial charge in [-0.15, -0.1) is 0 Å². The first-order chi connectivity index (χ1) is 11.7. The van der Waals surface area contributed by atoms with Crippen LogP contribution in [0.2, 0.25) is 0 Å². The molecule has 1 aromatic carbocycles. The van der Waals surface area contributed by atoms with Crippen LogP contribution in [-0.2, 0) is 9.59 Å². The van der Waals surface area contributed by atoms with Crippen molar-refractivity contribution in [2.45, 2.75) is 13.0 Å². The lowest BCUT2D eigenvalue weighted by atomic mass is 10.1. The van der Waals surface area contributed by atoms with Crippen LogP contribution in [0.25, 0.3) is 11.3 Å². The van der Waals surface area contributed by atoms with Crippen molar-refractivity contribution < 1.29 is 14.5 Å². The number of carbonyl (C=O) groups is 2. The summed E-state index contributed by atoms with van der Waals surface area (Å²) in [7, 11) is 2.93. The quantitative estimate of drug-likeness (QED) is 0.454. The molecule has 0 fully saturated rings. The topological polar surface area (TPSA) is 115 Å². The van der Waals surface area contributed by atoms with E-state index in [-0.39, 0.29) is 11.4 Å². The van der Waals surface area contributed by atoms with Crippen LogP contribution in [0, 0.1) is 10.1 Å². The third-order valence-electron chi connectivity index (χ3n) is 3.48. The number of benzene rings is 1. The smallest absolute Gasteiger partial charge is 0.270 e. The minimum atomic E-state index is -1.39. The number of carbonyl (C=O) groups excluding carboxylic acids is 2. The summed E-state index contributed by atoms with van der Waals surface area (Å²) in [6.45, 7) is 1.19. The van der Waals surface area contributed by atoms with Crippen molar-refractivity contribution in [2.75, 3.05) is 14.1 Å². The zero-order valence-electron chi connectivity index (χ0n) is 13.9. The molecule has 0 radical (unpaired) electrons. The van der Waals surface area contributed by atoms with Crippen LogP contribution in [-0.4, -0.2) is 45.4 Å². The van der Waals surface area contributed by atoms with Gasteiger partial charge in [0.05, 0.1) is 10.6 Å². The number of ketones is 1. The molecular weight excluding hydrogens is 328 g/mol. The van der Waals surface area contributed by atoms with Gasteiger partial charge in [-0.25, -0.2) is 4.68 Å². The average Bonchev–Trinajstić information content (AvgIpc) is 2.56. The van der Waals surface area contributed by atoms with Gasteiger partial charge in [0.25, 0.3) is 17.2 Å². The maximum Gasteiger partial charge on any atom is 0.270 e. The lowest BCUT2D eigenvalue weighted by Gasteiger charge is -2.19. The molecule has 1 amide bonds. The van der Waals surface area contributed by atoms with Crippen LogP contribution in [0.5, 0.6) is 0 Å². The van der Waals surface area contributed by atoms with Gasteiger partial charge < -0.3 is 4.90 Å². The predicted molar refractivity (Wildman–Crippen MR) is 89.0 cm³/mol. The standard InChI is InChI=1S/C16H16N4O5/c1-10(21)15(16(23)18(2)3)19-14(22)8-7-13(17-19)11-5-4-6-12(9-11)20(24)25/h4-9,15H,1-3H3/t15-/m0/s1. The molecule has 0 bridgehead atoms. The van der Waals surface area contributed by atoms with Gasteiger partial charge in [0, 0.05) is 37.9 Å². The Labute approximate surface area is 142 Å². The Morgan fingerprint density at radius 2 is 1.92 bits per heavy atom. The van der Waals surface area contributed by atoms with Gasteiger partial charge >= 0.3 is 0 Å². The van der Waals surface area contributed by atoms with Crippen LogP contribution in [0.1, 0.15) is 13.0 Å². The molecule has 0 aliphatic heterocycles. The number of non-ortho nitro benzene ring substituents is 1. The maximum atomic E-state index is 12.2. The highest BCUT2D eigenvalue weighted by Gasteiger charge is 2.29. The first-order valence-corrected chi connectivity index (χ1v) is 7.28. The van der Waals surface area contributed by atoms with Gasteiger partial charge in [-0.2, -0.15) is 5.10 Å². The van der Waals surface area contributed by atoms with Crippen molar-refractivity contribution in [2.24, 2.45) is 0 Å². The summed E-state index contributed by atoms with van der Waals surface area (Å²) in [5.74, 6) is -1.12. The summed E-state index contributed by atoms with van der Waals surface area (Å²) in [6, 6.07) is 6.86. The molecule has 0 N–H and O–H groups in total. The minimum absolute atomic E-state index is 0.135. The highest BCUT2D eigenvalue weighted by Crippen LogP contribution is 2.22. The second kappa shape index (κ2) is 7.04. The summed E-state index contributed by atoms with van der Waals surface area (Å²) in [5.41, 5.74) is -0.127. The SMILES string of the molecule is CC(=O)[C@@H](C(=O)N(C)C)n1nc(-c2cccc([N+](=O)[O-])c2)ccc1=O. The van der Waals surface area contributed by atoms with Crippen molar-refractivity contribution in [3.63, 3.8) is 0 Å². The first-order valence-electron chi connectivity index (χ1n) is 7.28. The molecule has 0 aliphatic rings. The number of nitro groups is 1. The summed E-state index contributed by atoms with van der Waals surface area (Å²) >= 11 is 0. The number of rotatable bonds is 5. The molecule has 1 heterocycles. The number of aromatic nitrogens is 2. The van der Waals surface area contributed by atoms with E-state index in [1.54, 1.807) is 6.07 Å². The molecule has 0 unspecified atom stereocenters. The van der Waals surface area contributed by atoms with E-state index in [1.807, 2.05) is 0 Å². The highest BCUT2D eigenvalue weighted by atomic mass is 16.6. The second-order valence-corrected chi connectivity index (χ2v) is 5.55. The normalized spacial score (nSPS) is 11.6. The highest BCUT2D eigenvalue weighted by molar-refractivity contribution is 6.02. The zero-order valence-corrected chi connectivity index (χ0v) is 13.9. The molecule has 1 atom stereocenters. The molecule has 0 saturated carbocycles. The molecule has 2 rings (SSSR count). The Morgan fingerprint density at radius 1 is 1.24 bits per heavy atom. The fourth-order valence-electron chi connectivity index (χ4n) is 2.24. The molecular formula is C16H16N4O5. The Balaban J connectivity index is 2.59. The lowest BCUT2D eigenvalue weighted by molar-refractivity contribution is -0.384. The molecule has 130 valence electrons. The van der Waals surface area contributed by atoms with E-state index in [0.717, 1.165) is 4.68 Å². The third-order valence-corrected chi connectivity index (χ3v) is 3.48. The Hall–Kier alpha value is -3.36. The minimum Gasteiger partial charge on any atom is -0.347 e. The maximum absolute atomic E-state index is 12.2. The van der Waals surface area contributed by atoms with E-state index in [4.69, 9.17) is 0 Å². The molecule has 0 saturated heterocycles. The number of hydrogen-bond acceptors (Lipinski definition) is 6. The number of amides is 1. The zero-order chi connectivity index (χ0) is 18.7. The third kappa shape index (κ3) is 3.77. The van der Waals surface area contributed by atoms with Crippen molar-refractivity contribution in [3.8, 4) is 11.3 Å². The van der Waals surface area contributed by atoms with Crippen molar-refractivity contribution in [3.05, 3.63) is 56.9 Å². The van der Waals surface area contributed by atoms with Gasteiger partial charge in [-0.3, -0.25) is 24.5 Å². The fraction of sp³-hybridized carbons (Fsp3) is 0.250. The van der Waals surface area contributed by atoms with E-state index in [1.165, 1.54) is 56.3 Å². The molecule has 25 heavy (non-hydrogen) atoms. The van der Waals surface area contributed by atoms with E-state index in [0.29, 0.717) is 5.56 Å². The number of nitro benzene ring substituents is 1. The van der Waals surface area contributed by atoms with Crippen LogP contribution >= 0.6 is 0 Å². The van der Waals surface area contributed by atoms with Crippen molar-refractivity contribution in [1.29, 1.82) is 0 Å². The van der Waals surface area contributed by atoms with Gasteiger partial charge in [0.1, 0.15) is 0 Å². The average molecular weight is 344 g/mol. The van der Waals surface area contributed by atoms with E-state index in [9.17, 15) is 24.5 Å². The number of likely N-dealkylation sites (N-methyl/N-ethyl adjacent to an activating group) is 1. The summed E-state index contributed by atoms with van der Waals surface area (Å²) < 4.78 is 0.804. The van der Waals surface area contributed by atoms with Crippen LogP contribution < -0.4 is 5.56 Å². The van der Waals surface area contributed by atoms with Crippen molar-refractivity contribution >= 4 is 17.4 Å². The van der Waals surface area contributed by atoms with Crippen LogP contribution in [0.4, 0.5) is 5.69 Å². The summed E-state index contributed by atoms with van der Waals surface area (Å²) in [4.78, 5) is 47.8. The Kier molecular flexibility index (Phi) is 5.06. The van der Waals surface area contributed by atoms with Gasteiger partial charge in [-0.1, -0.05) is 12.1 Å². The monoisotopic (exact) mass is 344 g/mol. The fourth-order valence-corrected chi connectivity index (χ4v) is 2.24. The lowest BCUT2D eigenvalue weighted by Crippen LogP contribution is -2.41. The van der Waals surface area contributed by atoms with Gasteiger partial charge in [0.15, 0.2) is 11.8 Å². The molecule has 0 aliphatic carbocycles. The van der Waals surface area contributed by atoms with Crippen molar-refractivity contribution in [1.82, 2.24) is 14.7 Å². The largest absolute Gasteiger partial charge is 0.347 e. The second-order valence-electron chi connectivity index (χ2n) is 5.55. The van der Waals surface area contributed by atoms with Gasteiger partial charge in [0.2, 0.25) is 0 Å². The molecule has 0 spiro atoms. The first kappa shape index (κ1) is 18.0. The number of hydrogen-bond donors (Lipinski definition) is 0. The van der Waals surface area contributed by atoms with Gasteiger partial charge in [-0.05, 0) is 13.0 Å².